The second kappa shape index (κ2) is 10.3. The van der Waals surface area contributed by atoms with Crippen LogP contribution in [0, 0.1) is 0 Å². The lowest BCUT2D eigenvalue weighted by Gasteiger charge is -2.22. The predicted molar refractivity (Wildman–Crippen MR) is 114 cm³/mol. The Morgan fingerprint density at radius 2 is 1.74 bits per heavy atom. The van der Waals surface area contributed by atoms with Crippen LogP contribution in [0.15, 0.2) is 64.0 Å². The van der Waals surface area contributed by atoms with Gasteiger partial charge in [-0.25, -0.2) is 8.42 Å². The van der Waals surface area contributed by atoms with Crippen molar-refractivity contribution in [3.05, 3.63) is 64.6 Å². The lowest BCUT2D eigenvalue weighted by atomic mass is 10.1. The van der Waals surface area contributed by atoms with Gasteiger partial charge in [-0.1, -0.05) is 52.3 Å². The molecule has 1 amide bonds. The summed E-state index contributed by atoms with van der Waals surface area (Å²) in [6, 6.07) is 14.6. The van der Waals surface area contributed by atoms with E-state index in [9.17, 15) is 13.2 Å². The first-order valence-electron chi connectivity index (χ1n) is 8.46. The summed E-state index contributed by atoms with van der Waals surface area (Å²) in [7, 11) is -3.77. The van der Waals surface area contributed by atoms with Gasteiger partial charge in [-0.3, -0.25) is 4.79 Å². The van der Waals surface area contributed by atoms with Crippen LogP contribution in [0.5, 0.6) is 0 Å². The zero-order valence-electron chi connectivity index (χ0n) is 15.2. The summed E-state index contributed by atoms with van der Waals surface area (Å²) in [5.74, 6) is 0.325. The van der Waals surface area contributed by atoms with Crippen molar-refractivity contribution in [3.63, 3.8) is 0 Å². The topological polar surface area (TPSA) is 75.3 Å². The van der Waals surface area contributed by atoms with Gasteiger partial charge in [0, 0.05) is 4.47 Å². The van der Waals surface area contributed by atoms with Crippen molar-refractivity contribution in [2.45, 2.75) is 30.3 Å². The highest BCUT2D eigenvalue weighted by molar-refractivity contribution is 9.10. The minimum absolute atomic E-state index is 0.144. The van der Waals surface area contributed by atoms with E-state index in [2.05, 4.69) is 26.0 Å². The van der Waals surface area contributed by atoms with Gasteiger partial charge in [-0.05, 0) is 49.1 Å². The number of carbonyl (C=O) groups is 1. The normalized spacial score (nSPS) is 13.7. The van der Waals surface area contributed by atoms with Gasteiger partial charge in [0.15, 0.2) is 0 Å². The molecule has 0 bridgehead atoms. The van der Waals surface area contributed by atoms with Crippen molar-refractivity contribution in [2.24, 2.45) is 0 Å². The molecule has 2 atom stereocenters. The monoisotopic (exact) mass is 470 g/mol. The van der Waals surface area contributed by atoms with Crippen molar-refractivity contribution in [2.75, 3.05) is 12.0 Å². The Morgan fingerprint density at radius 3 is 2.37 bits per heavy atom. The highest BCUT2D eigenvalue weighted by Gasteiger charge is 2.26. The molecule has 0 saturated carbocycles. The standard InChI is InChI=1S/C19H23BrN2O3S2/c1-14(16-10-6-7-11-17(16)20)21-19(23)18(12-13-26-2)22-27(24,25)15-8-4-3-5-9-15/h3-11,14,18,22H,12-13H2,1-2H3,(H,21,23). The third kappa shape index (κ3) is 6.34. The van der Waals surface area contributed by atoms with Crippen molar-refractivity contribution in [3.8, 4) is 0 Å². The Kier molecular flexibility index (Phi) is 8.34. The zero-order chi connectivity index (χ0) is 19.9. The molecule has 0 saturated heterocycles. The van der Waals surface area contributed by atoms with Gasteiger partial charge < -0.3 is 5.32 Å². The molecule has 2 aromatic rings. The molecule has 0 aliphatic carbocycles. The summed E-state index contributed by atoms with van der Waals surface area (Å²) in [6.45, 7) is 1.87. The van der Waals surface area contributed by atoms with E-state index >= 15 is 0 Å². The Morgan fingerprint density at radius 1 is 1.11 bits per heavy atom. The summed E-state index contributed by atoms with van der Waals surface area (Å²) in [6.07, 6.45) is 2.33. The Hall–Kier alpha value is -1.35. The summed E-state index contributed by atoms with van der Waals surface area (Å²) >= 11 is 5.04. The molecule has 2 N–H and O–H groups in total. The van der Waals surface area contributed by atoms with E-state index in [0.29, 0.717) is 12.2 Å². The molecule has 2 aromatic carbocycles. The van der Waals surface area contributed by atoms with Gasteiger partial charge in [0.25, 0.3) is 0 Å². The number of hydrogen-bond acceptors (Lipinski definition) is 4. The Labute approximate surface area is 173 Å². The molecule has 0 heterocycles. The van der Waals surface area contributed by atoms with Crippen LogP contribution in [0.25, 0.3) is 0 Å². The van der Waals surface area contributed by atoms with Gasteiger partial charge in [0.2, 0.25) is 15.9 Å². The van der Waals surface area contributed by atoms with E-state index in [1.54, 1.807) is 30.0 Å². The molecule has 5 nitrogen and oxygen atoms in total. The lowest BCUT2D eigenvalue weighted by molar-refractivity contribution is -0.123. The first-order chi connectivity index (χ1) is 12.8. The minimum Gasteiger partial charge on any atom is -0.348 e. The van der Waals surface area contributed by atoms with Crippen LogP contribution in [0.3, 0.4) is 0 Å². The molecule has 8 heteroatoms. The van der Waals surface area contributed by atoms with Gasteiger partial charge >= 0.3 is 0 Å². The molecule has 146 valence electrons. The summed E-state index contributed by atoms with van der Waals surface area (Å²) in [5, 5.41) is 2.91. The Balaban J connectivity index is 2.15. The third-order valence-corrected chi connectivity index (χ3v) is 6.86. The SMILES string of the molecule is CSCCC(NS(=O)(=O)c1ccccc1)C(=O)NC(C)c1ccccc1Br. The van der Waals surface area contributed by atoms with Crippen LogP contribution >= 0.6 is 27.7 Å². The number of benzene rings is 2. The number of carbonyl (C=O) groups excluding carboxylic acids is 1. The van der Waals surface area contributed by atoms with Gasteiger partial charge in [0.1, 0.15) is 6.04 Å². The van der Waals surface area contributed by atoms with Gasteiger partial charge in [0.05, 0.1) is 10.9 Å². The van der Waals surface area contributed by atoms with Gasteiger partial charge in [-0.15, -0.1) is 0 Å². The lowest BCUT2D eigenvalue weighted by Crippen LogP contribution is -2.47. The molecule has 0 fully saturated rings. The smallest absolute Gasteiger partial charge is 0.241 e. The quantitative estimate of drug-likeness (QED) is 0.585. The summed E-state index contributed by atoms with van der Waals surface area (Å²) in [5.41, 5.74) is 0.931. The summed E-state index contributed by atoms with van der Waals surface area (Å²) in [4.78, 5) is 12.9. The number of hydrogen-bond donors (Lipinski definition) is 2. The fraction of sp³-hybridized carbons (Fsp3) is 0.316. The van der Waals surface area contributed by atoms with Crippen molar-refractivity contribution >= 4 is 43.6 Å². The maximum absolute atomic E-state index is 12.8. The Bertz CT molecular complexity index is 860. The predicted octanol–water partition coefficient (Wildman–Crippen LogP) is 3.73. The second-order valence-corrected chi connectivity index (χ2v) is 9.57. The molecule has 2 rings (SSSR count). The number of thioether (sulfide) groups is 1. The average molecular weight is 471 g/mol. The molecule has 0 aliphatic heterocycles. The highest BCUT2D eigenvalue weighted by Crippen LogP contribution is 2.23. The molecular formula is C19H23BrN2O3S2. The molecular weight excluding hydrogens is 448 g/mol. The number of rotatable bonds is 9. The fourth-order valence-electron chi connectivity index (χ4n) is 2.55. The van der Waals surface area contributed by atoms with Crippen LogP contribution in [-0.4, -0.2) is 32.4 Å². The second-order valence-electron chi connectivity index (χ2n) is 6.02. The van der Waals surface area contributed by atoms with Crippen LogP contribution < -0.4 is 10.0 Å². The van der Waals surface area contributed by atoms with E-state index < -0.39 is 16.1 Å². The number of sulfonamides is 1. The first kappa shape index (κ1) is 21.9. The third-order valence-electron chi connectivity index (χ3n) is 4.01. The van der Waals surface area contributed by atoms with Crippen molar-refractivity contribution < 1.29 is 13.2 Å². The molecule has 0 aromatic heterocycles. The first-order valence-corrected chi connectivity index (χ1v) is 12.1. The molecule has 0 spiro atoms. The zero-order valence-corrected chi connectivity index (χ0v) is 18.4. The molecule has 27 heavy (non-hydrogen) atoms. The average Bonchev–Trinajstić information content (AvgIpc) is 2.66. The van der Waals surface area contributed by atoms with Crippen LogP contribution in [0.1, 0.15) is 24.9 Å². The maximum Gasteiger partial charge on any atom is 0.241 e. The maximum atomic E-state index is 12.8. The van der Waals surface area contributed by atoms with Crippen molar-refractivity contribution in [1.29, 1.82) is 0 Å². The van der Waals surface area contributed by atoms with E-state index in [0.717, 1.165) is 10.0 Å². The van der Waals surface area contributed by atoms with E-state index in [1.165, 1.54) is 12.1 Å². The van der Waals surface area contributed by atoms with Gasteiger partial charge in [-0.2, -0.15) is 16.5 Å². The van der Waals surface area contributed by atoms with Crippen LogP contribution in [0.2, 0.25) is 0 Å². The molecule has 0 aliphatic rings. The van der Waals surface area contributed by atoms with E-state index in [-0.39, 0.29) is 16.8 Å². The fourth-order valence-corrected chi connectivity index (χ4v) is 4.90. The van der Waals surface area contributed by atoms with E-state index in [1.807, 2.05) is 37.4 Å². The number of amides is 1. The largest absolute Gasteiger partial charge is 0.348 e. The highest BCUT2D eigenvalue weighted by atomic mass is 79.9. The molecule has 2 unspecified atom stereocenters. The molecule has 0 radical (unpaired) electrons. The number of halogens is 1. The van der Waals surface area contributed by atoms with Crippen LogP contribution in [-0.2, 0) is 14.8 Å². The van der Waals surface area contributed by atoms with Crippen LogP contribution in [0.4, 0.5) is 0 Å². The van der Waals surface area contributed by atoms with E-state index in [4.69, 9.17) is 0 Å². The number of nitrogens with one attached hydrogen (secondary N) is 2. The minimum atomic E-state index is -3.77. The van der Waals surface area contributed by atoms with Crippen molar-refractivity contribution in [1.82, 2.24) is 10.0 Å². The summed E-state index contributed by atoms with van der Waals surface area (Å²) < 4.78 is 28.7.